The number of nitrogens with zero attached hydrogens (tertiary/aromatic N) is 3. The minimum atomic E-state index is -1.03. The number of aryl methyl sites for hydroxylation is 1. The van der Waals surface area contributed by atoms with E-state index in [4.69, 9.17) is 4.74 Å². The van der Waals surface area contributed by atoms with E-state index in [-0.39, 0.29) is 19.0 Å². The Bertz CT molecular complexity index is 730. The van der Waals surface area contributed by atoms with Gasteiger partial charge in [-0.3, -0.25) is 0 Å². The molecule has 0 aliphatic rings. The molecule has 0 amide bonds. The molecule has 1 aromatic carbocycles. The highest BCUT2D eigenvalue weighted by molar-refractivity contribution is 5.89. The lowest BCUT2D eigenvalue weighted by molar-refractivity contribution is -0.392. The van der Waals surface area contributed by atoms with E-state index in [0.717, 1.165) is 18.3 Å². The Morgan fingerprint density at radius 1 is 1.45 bits per heavy atom. The minimum Gasteiger partial charge on any atom is -0.458 e. The van der Waals surface area contributed by atoms with Crippen molar-refractivity contribution < 1.29 is 23.2 Å². The Balaban J connectivity index is 2.01. The molecule has 0 fully saturated rings. The van der Waals surface area contributed by atoms with Gasteiger partial charge in [0.2, 0.25) is 0 Å². The number of carbonyl (C=O) groups is 1. The Kier molecular flexibility index (Phi) is 4.44. The molecule has 1 heterocycles. The molecule has 2 aromatic rings. The molecule has 0 saturated heterocycles. The van der Waals surface area contributed by atoms with Crippen molar-refractivity contribution in [2.24, 2.45) is 0 Å². The van der Waals surface area contributed by atoms with Crippen LogP contribution in [0.5, 0.6) is 0 Å². The fourth-order valence-corrected chi connectivity index (χ4v) is 1.84. The molecule has 0 spiro atoms. The predicted molar refractivity (Wildman–Crippen MR) is 70.3 cm³/mol. The minimum absolute atomic E-state index is 0.00327. The van der Waals surface area contributed by atoms with Gasteiger partial charge >= 0.3 is 11.8 Å². The van der Waals surface area contributed by atoms with Crippen LogP contribution in [-0.2, 0) is 11.3 Å². The van der Waals surface area contributed by atoms with Gasteiger partial charge in [0.25, 0.3) is 0 Å². The van der Waals surface area contributed by atoms with E-state index in [1.165, 1.54) is 4.57 Å². The Morgan fingerprint density at radius 3 is 2.82 bits per heavy atom. The van der Waals surface area contributed by atoms with Gasteiger partial charge in [-0.05, 0) is 17.1 Å². The van der Waals surface area contributed by atoms with Crippen LogP contribution < -0.4 is 0 Å². The number of ether oxygens (including phenoxy) is 1. The first kappa shape index (κ1) is 15.5. The zero-order valence-corrected chi connectivity index (χ0v) is 11.5. The first-order valence-corrected chi connectivity index (χ1v) is 6.19. The molecule has 116 valence electrons. The molecule has 22 heavy (non-hydrogen) atoms. The van der Waals surface area contributed by atoms with Gasteiger partial charge in [0.05, 0.1) is 5.56 Å². The number of halogens is 2. The van der Waals surface area contributed by atoms with Gasteiger partial charge in [-0.1, -0.05) is 0 Å². The van der Waals surface area contributed by atoms with E-state index in [0.29, 0.717) is 11.9 Å². The lowest BCUT2D eigenvalue weighted by Gasteiger charge is -2.06. The van der Waals surface area contributed by atoms with E-state index in [1.54, 1.807) is 6.92 Å². The fraction of sp³-hybridized carbons (Fsp3) is 0.231. The van der Waals surface area contributed by atoms with Gasteiger partial charge in [0, 0.05) is 13.0 Å². The van der Waals surface area contributed by atoms with Crippen molar-refractivity contribution in [3.8, 4) is 0 Å². The molecule has 1 aromatic heterocycles. The first-order chi connectivity index (χ1) is 10.4. The molecular formula is C13H11F2N3O4. The number of hydrogen-bond acceptors (Lipinski definition) is 5. The van der Waals surface area contributed by atoms with Crippen molar-refractivity contribution in [2.45, 2.75) is 13.5 Å². The number of imidazole rings is 1. The average Bonchev–Trinajstić information content (AvgIpc) is 2.80. The molecule has 0 unspecified atom stereocenters. The lowest BCUT2D eigenvalue weighted by atomic mass is 10.2. The highest BCUT2D eigenvalue weighted by Crippen LogP contribution is 2.14. The second kappa shape index (κ2) is 6.29. The van der Waals surface area contributed by atoms with Crippen LogP contribution in [0.15, 0.2) is 24.4 Å². The standard InChI is InChI=1S/C13H11F2N3O4/c1-8-16-7-12(18(20)21)17(8)4-5-22-13(19)10-3-2-9(14)6-11(10)15/h2-3,6-7H,4-5H2,1H3. The highest BCUT2D eigenvalue weighted by Gasteiger charge is 2.19. The van der Waals surface area contributed by atoms with Crippen molar-refractivity contribution >= 4 is 11.8 Å². The Labute approximate surface area is 123 Å². The summed E-state index contributed by atoms with van der Waals surface area (Å²) in [5, 5.41) is 10.8. The molecule has 7 nitrogen and oxygen atoms in total. The van der Waals surface area contributed by atoms with Crippen molar-refractivity contribution in [3.63, 3.8) is 0 Å². The molecule has 0 saturated carbocycles. The molecule has 2 rings (SSSR count). The summed E-state index contributed by atoms with van der Waals surface area (Å²) in [6.07, 6.45) is 1.09. The second-order valence-electron chi connectivity index (χ2n) is 4.33. The number of rotatable bonds is 5. The average molecular weight is 311 g/mol. The van der Waals surface area contributed by atoms with Crippen molar-refractivity contribution in [2.75, 3.05) is 6.61 Å². The van der Waals surface area contributed by atoms with Crippen LogP contribution in [0, 0.1) is 28.7 Å². The van der Waals surface area contributed by atoms with Gasteiger partial charge in [-0.15, -0.1) is 0 Å². The van der Waals surface area contributed by atoms with Gasteiger partial charge in [0.15, 0.2) is 5.82 Å². The van der Waals surface area contributed by atoms with E-state index in [1.807, 2.05) is 0 Å². The van der Waals surface area contributed by atoms with Gasteiger partial charge < -0.3 is 14.9 Å². The van der Waals surface area contributed by atoms with Gasteiger partial charge in [-0.2, -0.15) is 0 Å². The molecular weight excluding hydrogens is 300 g/mol. The van der Waals surface area contributed by atoms with E-state index in [9.17, 15) is 23.7 Å². The Morgan fingerprint density at radius 2 is 2.18 bits per heavy atom. The quantitative estimate of drug-likeness (QED) is 0.480. The number of nitro groups is 1. The maximum Gasteiger partial charge on any atom is 0.342 e. The summed E-state index contributed by atoms with van der Waals surface area (Å²) in [5.41, 5.74) is -0.404. The van der Waals surface area contributed by atoms with Crippen LogP contribution in [0.4, 0.5) is 14.6 Å². The molecule has 0 atom stereocenters. The third-order valence-electron chi connectivity index (χ3n) is 2.92. The maximum absolute atomic E-state index is 13.4. The fourth-order valence-electron chi connectivity index (χ4n) is 1.84. The van der Waals surface area contributed by atoms with Crippen LogP contribution in [-0.4, -0.2) is 27.1 Å². The van der Waals surface area contributed by atoms with Gasteiger partial charge in [0.1, 0.15) is 31.0 Å². The second-order valence-corrected chi connectivity index (χ2v) is 4.33. The normalized spacial score (nSPS) is 10.5. The van der Waals surface area contributed by atoms with Crippen molar-refractivity contribution in [3.05, 3.63) is 57.5 Å². The van der Waals surface area contributed by atoms with E-state index >= 15 is 0 Å². The third kappa shape index (κ3) is 3.25. The summed E-state index contributed by atoms with van der Waals surface area (Å²) in [4.78, 5) is 25.6. The topological polar surface area (TPSA) is 87.3 Å². The Hall–Kier alpha value is -2.84. The number of aromatic nitrogens is 2. The number of carbonyl (C=O) groups excluding carboxylic acids is 1. The van der Waals surface area contributed by atoms with E-state index < -0.39 is 28.1 Å². The maximum atomic E-state index is 13.4. The zero-order chi connectivity index (χ0) is 16.3. The summed E-state index contributed by atoms with van der Waals surface area (Å²) in [7, 11) is 0. The zero-order valence-electron chi connectivity index (χ0n) is 11.5. The summed E-state index contributed by atoms with van der Waals surface area (Å²) >= 11 is 0. The molecule has 0 bridgehead atoms. The van der Waals surface area contributed by atoms with Gasteiger partial charge in [-0.25, -0.2) is 23.1 Å². The molecule has 0 aliphatic carbocycles. The molecule has 9 heteroatoms. The van der Waals surface area contributed by atoms with Crippen LogP contribution in [0.2, 0.25) is 0 Å². The first-order valence-electron chi connectivity index (χ1n) is 6.19. The summed E-state index contributed by atoms with van der Waals surface area (Å²) < 4.78 is 32.2. The summed E-state index contributed by atoms with van der Waals surface area (Å²) in [6.45, 7) is 1.35. The van der Waals surface area contributed by atoms with E-state index in [2.05, 4.69) is 4.98 Å². The SMILES string of the molecule is Cc1ncc([N+](=O)[O-])n1CCOC(=O)c1ccc(F)cc1F. The number of hydrogen-bond donors (Lipinski definition) is 0. The summed E-state index contributed by atoms with van der Waals surface area (Å²) in [6, 6.07) is 2.48. The highest BCUT2D eigenvalue weighted by atomic mass is 19.1. The molecule has 0 aliphatic heterocycles. The number of benzene rings is 1. The number of esters is 1. The third-order valence-corrected chi connectivity index (χ3v) is 2.92. The van der Waals surface area contributed by atoms with Crippen molar-refractivity contribution in [1.29, 1.82) is 0 Å². The van der Waals surface area contributed by atoms with Crippen molar-refractivity contribution in [1.82, 2.24) is 9.55 Å². The lowest BCUT2D eigenvalue weighted by Crippen LogP contribution is -2.14. The van der Waals surface area contributed by atoms with Crippen LogP contribution in [0.1, 0.15) is 16.2 Å². The monoisotopic (exact) mass is 311 g/mol. The largest absolute Gasteiger partial charge is 0.458 e. The van der Waals surface area contributed by atoms with Crippen LogP contribution in [0.3, 0.4) is 0 Å². The molecule has 0 radical (unpaired) electrons. The predicted octanol–water partition coefficient (Wildman–Crippen LogP) is 2.23. The smallest absolute Gasteiger partial charge is 0.342 e. The van der Waals surface area contributed by atoms with Crippen LogP contribution >= 0.6 is 0 Å². The molecule has 0 N–H and O–H groups in total. The summed E-state index contributed by atoms with van der Waals surface area (Å²) in [5.74, 6) is -2.66. The van der Waals surface area contributed by atoms with Crippen LogP contribution in [0.25, 0.3) is 0 Å².